The van der Waals surface area contributed by atoms with Gasteiger partial charge in [-0.1, -0.05) is 54.6 Å². The monoisotopic (exact) mass is 441 g/mol. The van der Waals surface area contributed by atoms with Gasteiger partial charge in [0.05, 0.1) is 16.5 Å². The molecule has 0 aliphatic carbocycles. The molecule has 4 rings (SSSR count). The molecular weight excluding hydrogens is 418 g/mol. The number of benzene rings is 3. The summed E-state index contributed by atoms with van der Waals surface area (Å²) >= 11 is 0. The Hall–Kier alpha value is -4.19. The van der Waals surface area contributed by atoms with Crippen molar-refractivity contribution < 1.29 is 24.2 Å². The number of carboxylic acids is 1. The van der Waals surface area contributed by atoms with Gasteiger partial charge in [0.1, 0.15) is 5.75 Å². The molecule has 0 saturated heterocycles. The van der Waals surface area contributed by atoms with E-state index in [-0.39, 0.29) is 11.3 Å². The Kier molecular flexibility index (Phi) is 6.09. The molecular formula is C27H23NO5. The molecule has 0 fully saturated rings. The van der Waals surface area contributed by atoms with Crippen LogP contribution >= 0.6 is 0 Å². The topological polar surface area (TPSA) is 85.6 Å². The molecule has 0 saturated carbocycles. The van der Waals surface area contributed by atoms with Gasteiger partial charge in [-0.25, -0.2) is 4.79 Å². The number of rotatable bonds is 8. The van der Waals surface area contributed by atoms with E-state index < -0.39 is 24.1 Å². The quantitative estimate of drug-likeness (QED) is 0.310. The van der Waals surface area contributed by atoms with Crippen molar-refractivity contribution in [3.8, 4) is 16.9 Å². The maximum Gasteiger partial charge on any atom is 0.341 e. The van der Waals surface area contributed by atoms with Gasteiger partial charge in [-0.2, -0.15) is 0 Å². The molecule has 4 aromatic rings. The maximum absolute atomic E-state index is 12.8. The number of carbonyl (C=O) groups excluding carboxylic acids is 2. The standard InChI is InChI=1S/C27H23NO5/c1-17-25(27(32)18(2)29)26-22(12-7-13-23(26)33-16-24(30)31)28(17)15-19-8-6-11-21(14-19)20-9-4-3-5-10-20/h3-14H,15-16H2,1-2H3,(H,30,31). The third-order valence-electron chi connectivity index (χ3n) is 5.58. The Bertz CT molecular complexity index is 1370. The maximum atomic E-state index is 12.8. The molecule has 0 aliphatic rings. The molecule has 3 aromatic carbocycles. The first-order valence-corrected chi connectivity index (χ1v) is 10.5. The zero-order valence-corrected chi connectivity index (χ0v) is 18.4. The average Bonchev–Trinajstić information content (AvgIpc) is 3.09. The predicted molar refractivity (Wildman–Crippen MR) is 126 cm³/mol. The molecule has 0 amide bonds. The van der Waals surface area contributed by atoms with E-state index in [0.717, 1.165) is 16.7 Å². The van der Waals surface area contributed by atoms with E-state index in [1.54, 1.807) is 19.1 Å². The zero-order chi connectivity index (χ0) is 23.5. The number of fused-ring (bicyclic) bond motifs is 1. The number of aliphatic carboxylic acids is 1. The van der Waals surface area contributed by atoms with Crippen LogP contribution in [0.25, 0.3) is 22.0 Å². The number of Topliss-reactive ketones (excluding diaryl/α,β-unsaturated/α-hetero) is 2. The predicted octanol–water partition coefficient (Wildman–Crippen LogP) is 4.90. The number of nitrogens with zero attached hydrogens (tertiary/aromatic N) is 1. The Morgan fingerprint density at radius 1 is 0.909 bits per heavy atom. The highest BCUT2D eigenvalue weighted by Crippen LogP contribution is 2.35. The van der Waals surface area contributed by atoms with Crippen molar-refractivity contribution >= 4 is 28.4 Å². The lowest BCUT2D eigenvalue weighted by atomic mass is 10.0. The molecule has 1 heterocycles. The third kappa shape index (κ3) is 4.41. The molecule has 0 spiro atoms. The summed E-state index contributed by atoms with van der Waals surface area (Å²) in [7, 11) is 0. The van der Waals surface area contributed by atoms with Crippen molar-refractivity contribution in [1.29, 1.82) is 0 Å². The Morgan fingerprint density at radius 2 is 1.61 bits per heavy atom. The van der Waals surface area contributed by atoms with E-state index >= 15 is 0 Å². The smallest absolute Gasteiger partial charge is 0.341 e. The fourth-order valence-corrected chi connectivity index (χ4v) is 4.07. The second-order valence-electron chi connectivity index (χ2n) is 7.83. The molecule has 0 radical (unpaired) electrons. The van der Waals surface area contributed by atoms with Crippen molar-refractivity contribution in [2.24, 2.45) is 0 Å². The van der Waals surface area contributed by atoms with Gasteiger partial charge in [-0.15, -0.1) is 0 Å². The van der Waals surface area contributed by atoms with Crippen LogP contribution in [0.4, 0.5) is 0 Å². The van der Waals surface area contributed by atoms with Crippen LogP contribution in [-0.2, 0) is 16.1 Å². The number of hydrogen-bond acceptors (Lipinski definition) is 4. The van der Waals surface area contributed by atoms with Crippen molar-refractivity contribution in [3.05, 3.63) is 89.6 Å². The summed E-state index contributed by atoms with van der Waals surface area (Å²) in [6.45, 7) is 2.94. The average molecular weight is 441 g/mol. The van der Waals surface area contributed by atoms with Crippen LogP contribution in [0.5, 0.6) is 5.75 Å². The van der Waals surface area contributed by atoms with Crippen molar-refractivity contribution in [3.63, 3.8) is 0 Å². The van der Waals surface area contributed by atoms with Gasteiger partial charge >= 0.3 is 5.97 Å². The summed E-state index contributed by atoms with van der Waals surface area (Å²) in [6.07, 6.45) is 0. The number of aromatic nitrogens is 1. The van der Waals surface area contributed by atoms with E-state index in [9.17, 15) is 14.4 Å². The van der Waals surface area contributed by atoms with Gasteiger partial charge in [0, 0.05) is 19.2 Å². The van der Waals surface area contributed by atoms with Gasteiger partial charge < -0.3 is 14.4 Å². The molecule has 0 bridgehead atoms. The van der Waals surface area contributed by atoms with Crippen LogP contribution in [0.15, 0.2) is 72.8 Å². The minimum atomic E-state index is -1.12. The van der Waals surface area contributed by atoms with Crippen LogP contribution in [0.2, 0.25) is 0 Å². The number of carbonyl (C=O) groups is 3. The van der Waals surface area contributed by atoms with Gasteiger partial charge in [-0.05, 0) is 41.8 Å². The van der Waals surface area contributed by atoms with Gasteiger partial charge in [0.25, 0.3) is 0 Å². The molecule has 33 heavy (non-hydrogen) atoms. The first-order chi connectivity index (χ1) is 15.9. The molecule has 6 nitrogen and oxygen atoms in total. The fourth-order valence-electron chi connectivity index (χ4n) is 4.07. The second kappa shape index (κ2) is 9.12. The first kappa shape index (κ1) is 22.0. The third-order valence-corrected chi connectivity index (χ3v) is 5.58. The summed E-state index contributed by atoms with van der Waals surface area (Å²) < 4.78 is 7.43. The first-order valence-electron chi connectivity index (χ1n) is 10.5. The molecule has 0 aliphatic heterocycles. The van der Waals surface area contributed by atoms with Gasteiger partial charge in [0.15, 0.2) is 12.4 Å². The van der Waals surface area contributed by atoms with Gasteiger partial charge in [0.2, 0.25) is 5.78 Å². The summed E-state index contributed by atoms with van der Waals surface area (Å²) in [4.78, 5) is 35.9. The molecule has 1 N–H and O–H groups in total. The summed E-state index contributed by atoms with van der Waals surface area (Å²) in [5.41, 5.74) is 4.78. The highest BCUT2D eigenvalue weighted by atomic mass is 16.5. The normalized spacial score (nSPS) is 10.8. The van der Waals surface area contributed by atoms with Crippen LogP contribution in [0.3, 0.4) is 0 Å². The minimum Gasteiger partial charge on any atom is -0.481 e. The van der Waals surface area contributed by atoms with E-state index in [2.05, 4.69) is 6.07 Å². The van der Waals surface area contributed by atoms with Crippen LogP contribution < -0.4 is 4.74 Å². The summed E-state index contributed by atoms with van der Waals surface area (Å²) in [5, 5.41) is 9.49. The fraction of sp³-hybridized carbons (Fsp3) is 0.148. The van der Waals surface area contributed by atoms with Crippen LogP contribution in [-0.4, -0.2) is 33.8 Å². The van der Waals surface area contributed by atoms with E-state index in [1.807, 2.05) is 59.2 Å². The highest BCUT2D eigenvalue weighted by Gasteiger charge is 2.25. The van der Waals surface area contributed by atoms with Crippen molar-refractivity contribution in [1.82, 2.24) is 4.57 Å². The largest absolute Gasteiger partial charge is 0.481 e. The van der Waals surface area contributed by atoms with Gasteiger partial charge in [-0.3, -0.25) is 9.59 Å². The van der Waals surface area contributed by atoms with E-state index in [0.29, 0.717) is 23.1 Å². The van der Waals surface area contributed by atoms with E-state index in [4.69, 9.17) is 9.84 Å². The van der Waals surface area contributed by atoms with E-state index in [1.165, 1.54) is 6.92 Å². The molecule has 0 unspecified atom stereocenters. The lowest BCUT2D eigenvalue weighted by Crippen LogP contribution is -2.13. The second-order valence-corrected chi connectivity index (χ2v) is 7.83. The van der Waals surface area contributed by atoms with Crippen molar-refractivity contribution in [2.75, 3.05) is 6.61 Å². The number of hydrogen-bond donors (Lipinski definition) is 1. The Labute approximate surface area is 191 Å². The van der Waals surface area contributed by atoms with Crippen molar-refractivity contribution in [2.45, 2.75) is 20.4 Å². The number of carboxylic acid groups (broad SMARTS) is 1. The number of ether oxygens (including phenoxy) is 1. The molecule has 6 heteroatoms. The zero-order valence-electron chi connectivity index (χ0n) is 18.4. The lowest BCUT2D eigenvalue weighted by molar-refractivity contribution is -0.139. The minimum absolute atomic E-state index is 0.248. The molecule has 166 valence electrons. The molecule has 0 atom stereocenters. The summed E-state index contributed by atoms with van der Waals surface area (Å²) in [5.74, 6) is -2.07. The highest BCUT2D eigenvalue weighted by molar-refractivity contribution is 6.45. The van der Waals surface area contributed by atoms with Crippen LogP contribution in [0.1, 0.15) is 28.5 Å². The number of ketones is 2. The Balaban J connectivity index is 1.84. The molecule has 1 aromatic heterocycles. The lowest BCUT2D eigenvalue weighted by Gasteiger charge is -2.11. The Morgan fingerprint density at radius 3 is 2.30 bits per heavy atom. The summed E-state index contributed by atoms with van der Waals surface area (Å²) in [6, 6.07) is 23.4. The SMILES string of the molecule is CC(=O)C(=O)c1c(C)n(Cc2cccc(-c3ccccc3)c2)c2cccc(OCC(=O)O)c12. The van der Waals surface area contributed by atoms with Crippen LogP contribution in [0, 0.1) is 6.92 Å².